The molecule has 0 saturated carbocycles. The van der Waals surface area contributed by atoms with Crippen molar-refractivity contribution in [3.05, 3.63) is 0 Å². The maximum Gasteiger partial charge on any atom is 0.518 e. The van der Waals surface area contributed by atoms with E-state index in [1.54, 1.807) is 0 Å². The van der Waals surface area contributed by atoms with Gasteiger partial charge in [0.05, 0.1) is 6.61 Å². The molecule has 0 aliphatic heterocycles. The topological polar surface area (TPSA) is 72.8 Å². The summed E-state index contributed by atoms with van der Waals surface area (Å²) in [4.78, 5) is 20.0. The molecule has 0 radical (unpaired) electrons. The van der Waals surface area contributed by atoms with Crippen LogP contribution in [-0.4, -0.2) is 30.4 Å². The third-order valence-corrected chi connectivity index (χ3v) is 0.957. The summed E-state index contributed by atoms with van der Waals surface area (Å²) in [6.45, 7) is -0.281. The third-order valence-electron chi connectivity index (χ3n) is 0.957. The van der Waals surface area contributed by atoms with Gasteiger partial charge in [-0.05, 0) is 6.42 Å². The Bertz CT molecular complexity index is 182. The van der Waals surface area contributed by atoms with Crippen molar-refractivity contribution in [1.82, 2.24) is 0 Å². The van der Waals surface area contributed by atoms with E-state index in [-0.39, 0.29) is 13.0 Å². The quantitative estimate of drug-likeness (QED) is 0.424. The Balaban J connectivity index is 3.32. The molecule has 0 saturated heterocycles. The summed E-state index contributed by atoms with van der Waals surface area (Å²) in [7, 11) is 0. The summed E-state index contributed by atoms with van der Waals surface area (Å²) in [6.07, 6.45) is -6.09. The molecule has 0 amide bonds. The van der Waals surface area contributed by atoms with Crippen LogP contribution in [0.1, 0.15) is 12.8 Å². The van der Waals surface area contributed by atoms with Crippen molar-refractivity contribution in [2.24, 2.45) is 0 Å². The van der Waals surface area contributed by atoms with Crippen LogP contribution in [0.25, 0.3) is 0 Å². The maximum absolute atomic E-state index is 11.5. The Kier molecular flexibility index (Phi) is 5.49. The standard InChI is InChI=1S/C6H8F2O5/c7-4(8)2-1-3-12-6(11)13-5(9)10/h4H,1-3H2,(H,9,10). The van der Waals surface area contributed by atoms with Gasteiger partial charge in [0.1, 0.15) is 0 Å². The maximum atomic E-state index is 11.5. The zero-order valence-corrected chi connectivity index (χ0v) is 6.53. The van der Waals surface area contributed by atoms with E-state index in [1.165, 1.54) is 0 Å². The number of halogens is 2. The molecule has 0 aliphatic rings. The zero-order valence-electron chi connectivity index (χ0n) is 6.53. The number of hydrogen-bond donors (Lipinski definition) is 1. The van der Waals surface area contributed by atoms with Gasteiger partial charge in [-0.1, -0.05) is 0 Å². The van der Waals surface area contributed by atoms with Crippen molar-refractivity contribution in [3.63, 3.8) is 0 Å². The van der Waals surface area contributed by atoms with E-state index in [0.717, 1.165) is 0 Å². The average molecular weight is 198 g/mol. The second-order valence-electron chi connectivity index (χ2n) is 2.00. The van der Waals surface area contributed by atoms with E-state index >= 15 is 0 Å². The van der Waals surface area contributed by atoms with Crippen LogP contribution in [0.2, 0.25) is 0 Å². The lowest BCUT2D eigenvalue weighted by atomic mass is 10.3. The van der Waals surface area contributed by atoms with Gasteiger partial charge in [0, 0.05) is 6.42 Å². The summed E-state index contributed by atoms with van der Waals surface area (Å²) in [5, 5.41) is 7.89. The fourth-order valence-corrected chi connectivity index (χ4v) is 0.494. The molecule has 0 aromatic heterocycles. The molecule has 0 spiro atoms. The molecule has 1 N–H and O–H groups in total. The Morgan fingerprint density at radius 3 is 2.46 bits per heavy atom. The number of alkyl halides is 2. The molecule has 0 bridgehead atoms. The largest absolute Gasteiger partial charge is 0.518 e. The van der Waals surface area contributed by atoms with Crippen molar-refractivity contribution in [2.45, 2.75) is 19.3 Å². The number of carbonyl (C=O) groups is 2. The van der Waals surface area contributed by atoms with Crippen LogP contribution in [0.3, 0.4) is 0 Å². The summed E-state index contributed by atoms with van der Waals surface area (Å²) in [6, 6.07) is 0. The molecule has 13 heavy (non-hydrogen) atoms. The van der Waals surface area contributed by atoms with Gasteiger partial charge in [-0.3, -0.25) is 0 Å². The monoisotopic (exact) mass is 198 g/mol. The summed E-state index contributed by atoms with van der Waals surface area (Å²) >= 11 is 0. The molecular weight excluding hydrogens is 190 g/mol. The van der Waals surface area contributed by atoms with Crippen molar-refractivity contribution >= 4 is 12.3 Å². The Morgan fingerprint density at radius 2 is 2.00 bits per heavy atom. The minimum Gasteiger partial charge on any atom is -0.449 e. The number of hydrogen-bond acceptors (Lipinski definition) is 4. The van der Waals surface area contributed by atoms with Gasteiger partial charge in [-0.2, -0.15) is 0 Å². The minimum absolute atomic E-state index is 0.0353. The van der Waals surface area contributed by atoms with E-state index in [9.17, 15) is 18.4 Å². The van der Waals surface area contributed by atoms with E-state index in [0.29, 0.717) is 0 Å². The van der Waals surface area contributed by atoms with Crippen LogP contribution in [0.5, 0.6) is 0 Å². The van der Waals surface area contributed by atoms with Gasteiger partial charge < -0.3 is 14.6 Å². The van der Waals surface area contributed by atoms with Crippen molar-refractivity contribution in [3.8, 4) is 0 Å². The number of carboxylic acid groups (broad SMARTS) is 1. The van der Waals surface area contributed by atoms with Gasteiger partial charge >= 0.3 is 12.3 Å². The van der Waals surface area contributed by atoms with Gasteiger partial charge in [-0.15, -0.1) is 0 Å². The summed E-state index contributed by atoms with van der Waals surface area (Å²) in [5.74, 6) is 0. The minimum atomic E-state index is -2.46. The molecule has 76 valence electrons. The normalized spacial score (nSPS) is 9.77. The lowest BCUT2D eigenvalue weighted by Crippen LogP contribution is -2.12. The van der Waals surface area contributed by atoms with Crippen LogP contribution in [0, 0.1) is 0 Å². The molecule has 5 nitrogen and oxygen atoms in total. The molecule has 0 fully saturated rings. The third kappa shape index (κ3) is 8.51. The van der Waals surface area contributed by atoms with Crippen LogP contribution < -0.4 is 0 Å². The fraction of sp³-hybridized carbons (Fsp3) is 0.667. The molecule has 0 aliphatic carbocycles. The Morgan fingerprint density at radius 1 is 1.38 bits per heavy atom. The van der Waals surface area contributed by atoms with Crippen LogP contribution >= 0.6 is 0 Å². The first-order chi connectivity index (χ1) is 6.02. The predicted octanol–water partition coefficient (Wildman–Crippen LogP) is 1.86. The van der Waals surface area contributed by atoms with Crippen LogP contribution in [0.4, 0.5) is 18.4 Å². The highest BCUT2D eigenvalue weighted by Crippen LogP contribution is 2.02. The smallest absolute Gasteiger partial charge is 0.449 e. The predicted molar refractivity (Wildman–Crippen MR) is 35.7 cm³/mol. The Labute approximate surface area is 72.2 Å². The van der Waals surface area contributed by atoms with Crippen molar-refractivity contribution < 1.29 is 33.0 Å². The average Bonchev–Trinajstić information content (AvgIpc) is 1.96. The van der Waals surface area contributed by atoms with Crippen LogP contribution in [0.15, 0.2) is 0 Å². The first-order valence-corrected chi connectivity index (χ1v) is 3.38. The van der Waals surface area contributed by atoms with E-state index in [4.69, 9.17) is 5.11 Å². The first kappa shape index (κ1) is 11.6. The molecular formula is C6H8F2O5. The second kappa shape index (κ2) is 6.15. The highest BCUT2D eigenvalue weighted by molar-refractivity contribution is 5.75. The molecule has 7 heteroatoms. The summed E-state index contributed by atoms with van der Waals surface area (Å²) in [5.41, 5.74) is 0. The SMILES string of the molecule is O=C(O)OC(=O)OCCCC(F)F. The van der Waals surface area contributed by atoms with Gasteiger partial charge in [-0.25, -0.2) is 18.4 Å². The fourth-order valence-electron chi connectivity index (χ4n) is 0.494. The number of rotatable bonds is 4. The molecule has 0 unspecified atom stereocenters. The van der Waals surface area contributed by atoms with E-state index < -0.39 is 25.2 Å². The van der Waals surface area contributed by atoms with Gasteiger partial charge in [0.15, 0.2) is 0 Å². The highest BCUT2D eigenvalue weighted by atomic mass is 19.3. The number of ether oxygens (including phenoxy) is 2. The molecule has 0 aromatic rings. The first-order valence-electron chi connectivity index (χ1n) is 3.38. The molecule has 0 rings (SSSR count). The second-order valence-corrected chi connectivity index (χ2v) is 2.00. The lowest BCUT2D eigenvalue weighted by molar-refractivity contribution is 0.0491. The Hall–Kier alpha value is -1.40. The lowest BCUT2D eigenvalue weighted by Gasteiger charge is -2.01. The highest BCUT2D eigenvalue weighted by Gasteiger charge is 2.09. The van der Waals surface area contributed by atoms with Crippen molar-refractivity contribution in [2.75, 3.05) is 6.61 Å². The molecule has 0 atom stereocenters. The van der Waals surface area contributed by atoms with E-state index in [1.807, 2.05) is 0 Å². The molecule has 0 aromatic carbocycles. The molecule has 0 heterocycles. The van der Waals surface area contributed by atoms with Crippen LogP contribution in [-0.2, 0) is 9.47 Å². The van der Waals surface area contributed by atoms with Crippen molar-refractivity contribution in [1.29, 1.82) is 0 Å². The van der Waals surface area contributed by atoms with E-state index in [2.05, 4.69) is 9.47 Å². The van der Waals surface area contributed by atoms with Gasteiger partial charge in [0.2, 0.25) is 6.43 Å². The van der Waals surface area contributed by atoms with Gasteiger partial charge in [0.25, 0.3) is 0 Å². The zero-order chi connectivity index (χ0) is 10.3. The number of carbonyl (C=O) groups excluding carboxylic acids is 1. The summed E-state index contributed by atoms with van der Waals surface area (Å²) < 4.78 is 30.7.